The summed E-state index contributed by atoms with van der Waals surface area (Å²) >= 11 is 0. The molecule has 1 aliphatic rings. The molecule has 26 heavy (non-hydrogen) atoms. The van der Waals surface area contributed by atoms with E-state index in [9.17, 15) is 4.79 Å². The Morgan fingerprint density at radius 3 is 2.42 bits per heavy atom. The van der Waals surface area contributed by atoms with Crippen LogP contribution in [0.25, 0.3) is 0 Å². The van der Waals surface area contributed by atoms with Crippen LogP contribution in [-0.4, -0.2) is 61.2 Å². The smallest absolute Gasteiger partial charge is 0.318 e. The summed E-state index contributed by atoms with van der Waals surface area (Å²) in [5, 5.41) is 3.20. The number of amides is 2. The monoisotopic (exact) mass is 354 g/mol. The summed E-state index contributed by atoms with van der Waals surface area (Å²) in [4.78, 5) is 21.1. The van der Waals surface area contributed by atoms with Crippen LogP contribution >= 0.6 is 0 Å². The van der Waals surface area contributed by atoms with E-state index in [0.717, 1.165) is 49.5 Å². The van der Waals surface area contributed by atoms with Gasteiger partial charge in [-0.2, -0.15) is 0 Å². The van der Waals surface area contributed by atoms with E-state index in [1.165, 1.54) is 0 Å². The first kappa shape index (κ1) is 18.2. The van der Waals surface area contributed by atoms with Crippen LogP contribution in [0.2, 0.25) is 0 Å². The van der Waals surface area contributed by atoms with Gasteiger partial charge in [0.05, 0.1) is 13.2 Å². The minimum absolute atomic E-state index is 0.0297. The highest BCUT2D eigenvalue weighted by atomic mass is 16.5. The Balaban J connectivity index is 1.80. The van der Waals surface area contributed by atoms with E-state index >= 15 is 0 Å². The molecule has 1 aromatic carbocycles. The Hall–Kier alpha value is -2.60. The fourth-order valence-electron chi connectivity index (χ4n) is 3.18. The van der Waals surface area contributed by atoms with Crippen LogP contribution in [0.15, 0.2) is 48.8 Å². The van der Waals surface area contributed by atoms with Gasteiger partial charge >= 0.3 is 6.03 Å². The number of carbonyl (C=O) groups excluding carboxylic acids is 1. The first-order valence-electron chi connectivity index (χ1n) is 8.95. The van der Waals surface area contributed by atoms with Gasteiger partial charge in [-0.3, -0.25) is 4.98 Å². The predicted octanol–water partition coefficient (Wildman–Crippen LogP) is 2.53. The van der Waals surface area contributed by atoms with Gasteiger partial charge in [0.25, 0.3) is 0 Å². The van der Waals surface area contributed by atoms with Crippen LogP contribution < -0.4 is 10.1 Å². The minimum Gasteiger partial charge on any atom is -0.497 e. The van der Waals surface area contributed by atoms with Crippen LogP contribution in [0, 0.1) is 0 Å². The summed E-state index contributed by atoms with van der Waals surface area (Å²) in [6, 6.07) is 11.4. The Kier molecular flexibility index (Phi) is 6.07. The Bertz CT molecular complexity index is 706. The van der Waals surface area contributed by atoms with E-state index in [1.54, 1.807) is 19.5 Å². The van der Waals surface area contributed by atoms with E-state index in [2.05, 4.69) is 22.2 Å². The van der Waals surface area contributed by atoms with Crippen molar-refractivity contribution < 1.29 is 9.53 Å². The fourth-order valence-corrected chi connectivity index (χ4v) is 3.18. The van der Waals surface area contributed by atoms with Crippen LogP contribution in [0.4, 0.5) is 4.79 Å². The standard InChI is InChI=1S/C20H26N4O2/c1-23-12-3-13-24(15-14-23)20(25)22-19(17-8-10-21-11-9-17)16-4-6-18(26-2)7-5-16/h4-11,19H,3,12-15H2,1-2H3,(H,22,25)/t19-/m0/s1. The van der Waals surface area contributed by atoms with Gasteiger partial charge < -0.3 is 19.9 Å². The lowest BCUT2D eigenvalue weighted by Gasteiger charge is -2.26. The lowest BCUT2D eigenvalue weighted by Crippen LogP contribution is -2.43. The van der Waals surface area contributed by atoms with Crippen molar-refractivity contribution in [1.82, 2.24) is 20.1 Å². The fraction of sp³-hybridized carbons (Fsp3) is 0.400. The molecule has 0 saturated carbocycles. The normalized spacial score (nSPS) is 16.6. The molecule has 3 rings (SSSR count). The Morgan fingerprint density at radius 2 is 1.73 bits per heavy atom. The zero-order valence-corrected chi connectivity index (χ0v) is 15.4. The van der Waals surface area contributed by atoms with Crippen molar-refractivity contribution in [1.29, 1.82) is 0 Å². The molecule has 0 radical (unpaired) electrons. The van der Waals surface area contributed by atoms with E-state index < -0.39 is 0 Å². The molecule has 138 valence electrons. The molecule has 2 aromatic rings. The van der Waals surface area contributed by atoms with Crippen molar-refractivity contribution in [3.05, 3.63) is 59.9 Å². The maximum absolute atomic E-state index is 12.9. The predicted molar refractivity (Wildman–Crippen MR) is 101 cm³/mol. The third-order valence-electron chi connectivity index (χ3n) is 4.76. The number of methoxy groups -OCH3 is 1. The van der Waals surface area contributed by atoms with E-state index in [1.807, 2.05) is 41.3 Å². The second kappa shape index (κ2) is 8.67. The number of ether oxygens (including phenoxy) is 1. The lowest BCUT2D eigenvalue weighted by molar-refractivity contribution is 0.197. The number of nitrogens with zero attached hydrogens (tertiary/aromatic N) is 3. The molecule has 0 aliphatic carbocycles. The first-order chi connectivity index (χ1) is 12.7. The van der Waals surface area contributed by atoms with Gasteiger partial charge in [0.2, 0.25) is 0 Å². The molecule has 1 atom stereocenters. The van der Waals surface area contributed by atoms with Crippen molar-refractivity contribution >= 4 is 6.03 Å². The zero-order chi connectivity index (χ0) is 18.4. The summed E-state index contributed by atoms with van der Waals surface area (Å²) in [7, 11) is 3.74. The average Bonchev–Trinajstić information content (AvgIpc) is 2.91. The number of pyridine rings is 1. The second-order valence-electron chi connectivity index (χ2n) is 6.58. The molecule has 6 heteroatoms. The molecule has 1 aromatic heterocycles. The van der Waals surface area contributed by atoms with Gasteiger partial charge in [-0.05, 0) is 55.4 Å². The molecular weight excluding hydrogens is 328 g/mol. The minimum atomic E-state index is -0.225. The van der Waals surface area contributed by atoms with E-state index in [4.69, 9.17) is 4.74 Å². The van der Waals surface area contributed by atoms with Crippen molar-refractivity contribution in [3.8, 4) is 5.75 Å². The Labute approximate surface area is 154 Å². The summed E-state index contributed by atoms with van der Waals surface area (Å²) in [5.74, 6) is 0.795. The molecule has 0 spiro atoms. The highest BCUT2D eigenvalue weighted by molar-refractivity contribution is 5.75. The highest BCUT2D eigenvalue weighted by Gasteiger charge is 2.22. The van der Waals surface area contributed by atoms with Crippen LogP contribution in [-0.2, 0) is 0 Å². The van der Waals surface area contributed by atoms with Gasteiger partial charge in [0, 0.05) is 32.0 Å². The summed E-state index contributed by atoms with van der Waals surface area (Å²) in [6.45, 7) is 3.45. The molecule has 1 N–H and O–H groups in total. The third kappa shape index (κ3) is 4.52. The summed E-state index contributed by atoms with van der Waals surface area (Å²) in [6.07, 6.45) is 4.49. The Morgan fingerprint density at radius 1 is 1.04 bits per heavy atom. The van der Waals surface area contributed by atoms with Gasteiger partial charge in [-0.1, -0.05) is 12.1 Å². The molecule has 6 nitrogen and oxygen atoms in total. The second-order valence-corrected chi connectivity index (χ2v) is 6.58. The molecule has 2 heterocycles. The van der Waals surface area contributed by atoms with E-state index in [-0.39, 0.29) is 12.1 Å². The number of hydrogen-bond acceptors (Lipinski definition) is 4. The van der Waals surface area contributed by atoms with Gasteiger partial charge in [-0.25, -0.2) is 4.79 Å². The van der Waals surface area contributed by atoms with Gasteiger partial charge in [0.15, 0.2) is 0 Å². The highest BCUT2D eigenvalue weighted by Crippen LogP contribution is 2.24. The molecule has 2 amide bonds. The molecule has 0 unspecified atom stereocenters. The third-order valence-corrected chi connectivity index (χ3v) is 4.76. The summed E-state index contributed by atoms with van der Waals surface area (Å²) in [5.41, 5.74) is 2.02. The molecule has 1 saturated heterocycles. The number of aromatic nitrogens is 1. The first-order valence-corrected chi connectivity index (χ1v) is 8.95. The largest absolute Gasteiger partial charge is 0.497 e. The number of hydrogen-bond donors (Lipinski definition) is 1. The number of likely N-dealkylation sites (N-methyl/N-ethyl adjacent to an activating group) is 1. The molecule has 1 aliphatic heterocycles. The van der Waals surface area contributed by atoms with Crippen molar-refractivity contribution in [2.24, 2.45) is 0 Å². The van der Waals surface area contributed by atoms with E-state index in [0.29, 0.717) is 0 Å². The number of nitrogens with one attached hydrogen (secondary N) is 1. The zero-order valence-electron chi connectivity index (χ0n) is 15.4. The van der Waals surface area contributed by atoms with Crippen molar-refractivity contribution in [3.63, 3.8) is 0 Å². The quantitative estimate of drug-likeness (QED) is 0.917. The number of carbonyl (C=O) groups is 1. The molecule has 1 fully saturated rings. The molecular formula is C20H26N4O2. The summed E-state index contributed by atoms with van der Waals surface area (Å²) < 4.78 is 5.24. The topological polar surface area (TPSA) is 57.7 Å². The van der Waals surface area contributed by atoms with Crippen molar-refractivity contribution in [2.75, 3.05) is 40.3 Å². The number of urea groups is 1. The number of rotatable bonds is 4. The van der Waals surface area contributed by atoms with Gasteiger partial charge in [0.1, 0.15) is 5.75 Å². The van der Waals surface area contributed by atoms with Crippen LogP contribution in [0.3, 0.4) is 0 Å². The maximum atomic E-state index is 12.9. The lowest BCUT2D eigenvalue weighted by atomic mass is 9.99. The average molecular weight is 354 g/mol. The number of benzene rings is 1. The van der Waals surface area contributed by atoms with Gasteiger partial charge in [-0.15, -0.1) is 0 Å². The van der Waals surface area contributed by atoms with Crippen molar-refractivity contribution in [2.45, 2.75) is 12.5 Å². The van der Waals surface area contributed by atoms with Crippen LogP contribution in [0.5, 0.6) is 5.75 Å². The molecule has 0 bridgehead atoms. The van der Waals surface area contributed by atoms with Crippen LogP contribution in [0.1, 0.15) is 23.6 Å². The maximum Gasteiger partial charge on any atom is 0.318 e. The SMILES string of the molecule is COc1ccc([C@H](NC(=O)N2CCCN(C)CC2)c2ccncc2)cc1.